The van der Waals surface area contributed by atoms with Crippen LogP contribution in [0.15, 0.2) is 48.5 Å². The smallest absolute Gasteiger partial charge is 0.337 e. The molecule has 0 saturated carbocycles. The number of nitrogens with zero attached hydrogens (tertiary/aromatic N) is 1. The Labute approximate surface area is 223 Å². The van der Waals surface area contributed by atoms with Crippen molar-refractivity contribution in [3.63, 3.8) is 0 Å². The molecule has 4 amide bonds. The summed E-state index contributed by atoms with van der Waals surface area (Å²) in [6, 6.07) is 10.4. The SMILES string of the molecule is COC(=O)c1ccc(C2NC(CCCNC(N)=O)(C(=O)O)C3C(=O)N(c4ccc(C(C)=O)cc4)C(=O)C23)cc1. The molecule has 2 aliphatic heterocycles. The molecule has 39 heavy (non-hydrogen) atoms. The molecule has 0 spiro atoms. The van der Waals surface area contributed by atoms with Crippen molar-refractivity contribution in [1.82, 2.24) is 10.6 Å². The van der Waals surface area contributed by atoms with Gasteiger partial charge in [0.05, 0.1) is 30.2 Å². The second-order valence-electron chi connectivity index (χ2n) is 9.53. The Balaban J connectivity index is 1.76. The molecule has 0 bridgehead atoms. The highest BCUT2D eigenvalue weighted by molar-refractivity contribution is 6.24. The molecule has 4 unspecified atom stereocenters. The number of nitrogens with one attached hydrogen (secondary N) is 2. The number of imide groups is 1. The third kappa shape index (κ3) is 4.86. The molecular formula is C27H28N4O8. The van der Waals surface area contributed by atoms with Crippen molar-refractivity contribution >= 4 is 41.3 Å². The van der Waals surface area contributed by atoms with E-state index >= 15 is 0 Å². The van der Waals surface area contributed by atoms with Gasteiger partial charge in [0.15, 0.2) is 5.78 Å². The number of esters is 1. The number of carbonyl (C=O) groups excluding carboxylic acids is 5. The van der Waals surface area contributed by atoms with E-state index in [2.05, 4.69) is 10.6 Å². The monoisotopic (exact) mass is 536 g/mol. The maximum Gasteiger partial charge on any atom is 0.337 e. The van der Waals surface area contributed by atoms with Crippen molar-refractivity contribution in [1.29, 1.82) is 0 Å². The molecule has 2 aromatic rings. The lowest BCUT2D eigenvalue weighted by Gasteiger charge is -2.31. The number of amides is 4. The van der Waals surface area contributed by atoms with Crippen LogP contribution in [-0.2, 0) is 19.1 Å². The Bertz CT molecular complexity index is 1340. The van der Waals surface area contributed by atoms with Crippen LogP contribution in [0.5, 0.6) is 0 Å². The summed E-state index contributed by atoms with van der Waals surface area (Å²) >= 11 is 0. The number of methoxy groups -OCH3 is 1. The summed E-state index contributed by atoms with van der Waals surface area (Å²) in [5, 5.41) is 15.9. The van der Waals surface area contributed by atoms with Gasteiger partial charge in [0.25, 0.3) is 0 Å². The molecule has 2 heterocycles. The molecule has 2 aromatic carbocycles. The van der Waals surface area contributed by atoms with Gasteiger partial charge in [0.1, 0.15) is 5.54 Å². The average molecular weight is 537 g/mol. The predicted octanol–water partition coefficient (Wildman–Crippen LogP) is 1.40. The fourth-order valence-corrected chi connectivity index (χ4v) is 5.45. The van der Waals surface area contributed by atoms with E-state index < -0.39 is 53.2 Å². The molecule has 5 N–H and O–H groups in total. The van der Waals surface area contributed by atoms with Crippen LogP contribution in [0.3, 0.4) is 0 Å². The van der Waals surface area contributed by atoms with Gasteiger partial charge in [-0.25, -0.2) is 14.5 Å². The Hall–Kier alpha value is -4.58. The van der Waals surface area contributed by atoms with Crippen molar-refractivity contribution in [3.8, 4) is 0 Å². The Kier molecular flexibility index (Phi) is 7.50. The normalized spacial score (nSPS) is 23.8. The van der Waals surface area contributed by atoms with Gasteiger partial charge in [0, 0.05) is 18.2 Å². The number of carboxylic acid groups (broad SMARTS) is 1. The fourth-order valence-electron chi connectivity index (χ4n) is 5.45. The van der Waals surface area contributed by atoms with Gasteiger partial charge in [-0.2, -0.15) is 0 Å². The highest BCUT2D eigenvalue weighted by Crippen LogP contribution is 2.51. The number of rotatable bonds is 9. The molecule has 2 saturated heterocycles. The maximum absolute atomic E-state index is 13.8. The molecule has 0 radical (unpaired) electrons. The summed E-state index contributed by atoms with van der Waals surface area (Å²) in [7, 11) is 1.24. The third-order valence-electron chi connectivity index (χ3n) is 7.31. The van der Waals surface area contributed by atoms with Crippen LogP contribution < -0.4 is 21.3 Å². The van der Waals surface area contributed by atoms with Crippen LogP contribution in [0.4, 0.5) is 10.5 Å². The van der Waals surface area contributed by atoms with Crippen LogP contribution >= 0.6 is 0 Å². The first-order valence-corrected chi connectivity index (χ1v) is 12.2. The van der Waals surface area contributed by atoms with E-state index in [1.54, 1.807) is 12.1 Å². The number of aliphatic carboxylic acids is 1. The maximum atomic E-state index is 13.8. The minimum Gasteiger partial charge on any atom is -0.480 e. The van der Waals surface area contributed by atoms with Crippen molar-refractivity contribution in [3.05, 3.63) is 65.2 Å². The molecular weight excluding hydrogens is 508 g/mol. The van der Waals surface area contributed by atoms with E-state index in [0.717, 1.165) is 4.90 Å². The Morgan fingerprint density at radius 2 is 1.64 bits per heavy atom. The quantitative estimate of drug-likeness (QED) is 0.159. The number of nitrogens with two attached hydrogens (primary N) is 1. The zero-order valence-corrected chi connectivity index (χ0v) is 21.3. The van der Waals surface area contributed by atoms with Crippen molar-refractivity contribution < 1.29 is 38.6 Å². The highest BCUT2D eigenvalue weighted by Gasteiger charge is 2.68. The van der Waals surface area contributed by atoms with Gasteiger partial charge in [-0.1, -0.05) is 12.1 Å². The summed E-state index contributed by atoms with van der Waals surface area (Å²) in [6.07, 6.45) is 0.0743. The molecule has 12 nitrogen and oxygen atoms in total. The summed E-state index contributed by atoms with van der Waals surface area (Å²) in [5.74, 6) is -5.69. The first kappa shape index (κ1) is 27.5. The Morgan fingerprint density at radius 1 is 1.03 bits per heavy atom. The number of hydrogen-bond donors (Lipinski definition) is 4. The van der Waals surface area contributed by atoms with Gasteiger partial charge in [-0.3, -0.25) is 24.5 Å². The number of fused-ring (bicyclic) bond motifs is 1. The number of urea groups is 1. The van der Waals surface area contributed by atoms with Crippen LogP contribution in [0.1, 0.15) is 52.1 Å². The molecule has 2 fully saturated rings. The number of ketones is 1. The highest BCUT2D eigenvalue weighted by atomic mass is 16.5. The molecule has 2 aliphatic rings. The fraction of sp³-hybridized carbons (Fsp3) is 0.333. The minimum absolute atomic E-state index is 0.0697. The molecule has 4 atom stereocenters. The second-order valence-corrected chi connectivity index (χ2v) is 9.53. The van der Waals surface area contributed by atoms with Crippen molar-refractivity contribution in [2.45, 2.75) is 31.3 Å². The first-order chi connectivity index (χ1) is 18.5. The number of anilines is 1. The van der Waals surface area contributed by atoms with Crippen LogP contribution in [-0.4, -0.2) is 59.9 Å². The second kappa shape index (κ2) is 10.7. The largest absolute Gasteiger partial charge is 0.480 e. The van der Waals surface area contributed by atoms with Crippen LogP contribution in [0.2, 0.25) is 0 Å². The zero-order chi connectivity index (χ0) is 28.5. The van der Waals surface area contributed by atoms with Crippen molar-refractivity contribution in [2.75, 3.05) is 18.6 Å². The number of primary amides is 1. The predicted molar refractivity (Wildman–Crippen MR) is 137 cm³/mol. The molecule has 4 rings (SSSR count). The first-order valence-electron chi connectivity index (χ1n) is 12.2. The molecule has 0 aliphatic carbocycles. The number of Topliss-reactive ketones (excluding diaryl/α,β-unsaturated/α-hetero) is 1. The van der Waals surface area contributed by atoms with E-state index in [1.165, 1.54) is 50.4 Å². The van der Waals surface area contributed by atoms with E-state index in [1.807, 2.05) is 0 Å². The number of benzene rings is 2. The Morgan fingerprint density at radius 3 is 2.18 bits per heavy atom. The number of ether oxygens (including phenoxy) is 1. The summed E-state index contributed by atoms with van der Waals surface area (Å²) in [5.41, 5.74) is 4.66. The zero-order valence-electron chi connectivity index (χ0n) is 21.3. The standard InChI is InChI=1S/C27H28N4O8/c1-14(32)15-8-10-18(11-9-15)31-22(33)19-20(23(31)34)27(25(36)37,12-3-13-29-26(28)38)30-21(19)16-4-6-17(7-5-16)24(35)39-2/h4-11,19-21,30H,3,12-13H2,1-2H3,(H,36,37)(H3,28,29,38). The van der Waals surface area contributed by atoms with Gasteiger partial charge >= 0.3 is 18.0 Å². The van der Waals surface area contributed by atoms with Crippen LogP contribution in [0, 0.1) is 11.8 Å². The summed E-state index contributed by atoms with van der Waals surface area (Å²) in [4.78, 5) is 76.1. The van der Waals surface area contributed by atoms with E-state index in [-0.39, 0.29) is 36.4 Å². The van der Waals surface area contributed by atoms with E-state index in [4.69, 9.17) is 10.5 Å². The van der Waals surface area contributed by atoms with E-state index in [0.29, 0.717) is 11.1 Å². The topological polar surface area (TPSA) is 185 Å². The van der Waals surface area contributed by atoms with Gasteiger partial charge in [0.2, 0.25) is 11.8 Å². The number of carboxylic acids is 1. The van der Waals surface area contributed by atoms with Gasteiger partial charge in [-0.15, -0.1) is 0 Å². The van der Waals surface area contributed by atoms with E-state index in [9.17, 15) is 33.9 Å². The lowest BCUT2D eigenvalue weighted by Crippen LogP contribution is -2.56. The van der Waals surface area contributed by atoms with Gasteiger partial charge in [-0.05, 0) is 61.7 Å². The van der Waals surface area contributed by atoms with Crippen molar-refractivity contribution in [2.24, 2.45) is 17.6 Å². The molecule has 0 aromatic heterocycles. The van der Waals surface area contributed by atoms with Crippen LogP contribution in [0.25, 0.3) is 0 Å². The number of hydrogen-bond acceptors (Lipinski definition) is 8. The average Bonchev–Trinajstić information content (AvgIpc) is 3.40. The molecule has 12 heteroatoms. The minimum atomic E-state index is -1.84. The lowest BCUT2D eigenvalue weighted by molar-refractivity contribution is -0.149. The molecule has 204 valence electrons. The summed E-state index contributed by atoms with van der Waals surface area (Å²) < 4.78 is 4.73. The van der Waals surface area contributed by atoms with Gasteiger partial charge < -0.3 is 20.9 Å². The number of carbonyl (C=O) groups is 6. The summed E-state index contributed by atoms with van der Waals surface area (Å²) in [6.45, 7) is 1.46. The lowest BCUT2D eigenvalue weighted by atomic mass is 9.77. The third-order valence-corrected chi connectivity index (χ3v) is 7.31.